The van der Waals surface area contributed by atoms with Crippen molar-refractivity contribution in [2.75, 3.05) is 7.05 Å². The fourth-order valence-corrected chi connectivity index (χ4v) is 11.7. The molecule has 8 atom stereocenters. The highest BCUT2D eigenvalue weighted by Gasteiger charge is 2.42. The number of aliphatic hydroxyl groups is 1. The number of fused-ring (bicyclic) bond motifs is 14. The third kappa shape index (κ3) is 13.4. The van der Waals surface area contributed by atoms with Gasteiger partial charge >= 0.3 is 12.1 Å². The van der Waals surface area contributed by atoms with Crippen molar-refractivity contribution in [2.45, 2.75) is 87.7 Å². The highest BCUT2D eigenvalue weighted by atomic mass is 35.5. The van der Waals surface area contributed by atoms with E-state index in [1.807, 2.05) is 0 Å². The average Bonchev–Trinajstić information content (AvgIpc) is 0.762. The van der Waals surface area contributed by atoms with Crippen LogP contribution in [0.4, 0.5) is 4.79 Å². The van der Waals surface area contributed by atoms with Crippen LogP contribution in [0.25, 0.3) is 11.1 Å². The summed E-state index contributed by atoms with van der Waals surface area (Å²) in [6.45, 7) is 4.46. The second-order valence-corrected chi connectivity index (χ2v) is 24.3. The van der Waals surface area contributed by atoms with Crippen molar-refractivity contribution in [3.8, 4) is 80.1 Å². The number of phenols is 6. The number of hydrogen-bond acceptors (Lipinski definition) is 20. The monoisotopic (exact) mass is 1340 g/mol. The van der Waals surface area contributed by atoms with Gasteiger partial charge in [0.2, 0.25) is 41.2 Å². The van der Waals surface area contributed by atoms with Gasteiger partial charge in [-0.05, 0) is 140 Å². The van der Waals surface area contributed by atoms with Crippen molar-refractivity contribution in [2.24, 2.45) is 0 Å². The lowest BCUT2D eigenvalue weighted by Gasteiger charge is -2.31. The molecule has 17 bridgehead atoms. The van der Waals surface area contributed by atoms with Crippen LogP contribution >= 0.6 is 23.2 Å². The summed E-state index contributed by atoms with van der Waals surface area (Å²) in [5, 5.41) is 113. The van der Waals surface area contributed by atoms with E-state index in [-0.39, 0.29) is 78.5 Å². The Hall–Kier alpha value is -11.2. The molecule has 16 N–H and O–H groups in total. The molecule has 0 saturated carbocycles. The smallest absolute Gasteiger partial charge is 0.408 e. The number of aliphatic carboxylic acids is 1. The van der Waals surface area contributed by atoms with Gasteiger partial charge in [0.15, 0.2) is 29.0 Å². The summed E-state index contributed by atoms with van der Waals surface area (Å²) in [6.07, 6.45) is -3.68. The maximum atomic E-state index is 15.9. The number of carboxylic acid groups (broad SMARTS) is 1. The van der Waals surface area contributed by atoms with E-state index in [4.69, 9.17) is 42.1 Å². The molecule has 0 radical (unpaired) electrons. The first-order chi connectivity index (χ1) is 45.0. The fourth-order valence-electron chi connectivity index (χ4n) is 11.2. The maximum Gasteiger partial charge on any atom is 0.408 e. The molecule has 7 aromatic carbocycles. The summed E-state index contributed by atoms with van der Waals surface area (Å²) >= 11 is 13.8. The Balaban J connectivity index is 1.13. The third-order valence-electron chi connectivity index (χ3n) is 15.7. The lowest BCUT2D eigenvalue weighted by Crippen LogP contribution is -2.55. The summed E-state index contributed by atoms with van der Waals surface area (Å²) in [5.41, 5.74) is -3.67. The van der Waals surface area contributed by atoms with Crippen LogP contribution in [0.2, 0.25) is 10.0 Å². The number of carbonyl (C=O) groups excluding carboxylic acids is 7. The van der Waals surface area contributed by atoms with Crippen LogP contribution in [0.15, 0.2) is 109 Å². The molecule has 13 rings (SSSR count). The van der Waals surface area contributed by atoms with Gasteiger partial charge in [0.25, 0.3) is 0 Å². The molecule has 6 heterocycles. The predicted octanol–water partition coefficient (Wildman–Crippen LogP) is 6.27. The summed E-state index contributed by atoms with van der Waals surface area (Å²) < 4.78 is 24.1. The number of ether oxygens (including phenoxy) is 4. The molecule has 95 heavy (non-hydrogen) atoms. The van der Waals surface area contributed by atoms with Gasteiger partial charge in [0.1, 0.15) is 88.2 Å². The summed E-state index contributed by atoms with van der Waals surface area (Å²) in [7, 11) is 1.46. The van der Waals surface area contributed by atoms with E-state index in [9.17, 15) is 60.0 Å². The number of benzene rings is 7. The molecule has 0 unspecified atom stereocenters. The predicted molar refractivity (Wildman–Crippen MR) is 333 cm³/mol. The number of carbonyl (C=O) groups is 8. The number of halogens is 2. The zero-order valence-corrected chi connectivity index (χ0v) is 51.7. The van der Waals surface area contributed by atoms with Crippen LogP contribution in [0.5, 0.6) is 69.0 Å². The van der Waals surface area contributed by atoms with Gasteiger partial charge in [-0.15, -0.1) is 0 Å². The minimum atomic E-state index is -2.23. The van der Waals surface area contributed by atoms with Crippen LogP contribution in [-0.4, -0.2) is 113 Å². The zero-order chi connectivity index (χ0) is 68.2. The number of alkyl carbamates (subject to hydrolysis) is 1. The van der Waals surface area contributed by atoms with Crippen molar-refractivity contribution in [3.05, 3.63) is 164 Å². The largest absolute Gasteiger partial charge is 0.508 e. The average molecular weight is 1340 g/mol. The van der Waals surface area contributed by atoms with Gasteiger partial charge in [-0.1, -0.05) is 47.5 Å². The molecule has 0 spiro atoms. The standard InChI is InChI=1S/C65H58Cl2N8O20/c1-65(2,3)95-64(91)75-49-27-7-10-40(78)44(19-27)92-32-16-29(15-31(76)22-32)50-60(86)72-51-30-20-45(93-42-11-5-25(13-36(42)66)14-38(57(83)70-50)69-58(49)84)56(82)46(21-30)94-43-12-8-28(18-37(43)67)54(80)53-62(88)73-52(63(89)90)34-23-41(79)35(24-68-4)55(81)47(34)33-17-26(6-9-39(33)77)48(59(85)74-53)71-61(51)87/h5-13,15-23,38,48-54,68,76-82H,14,24H2,1-4H3,(H,69,84)(H,70,83)(H,71,87)(H,72,86)(H,73,88)(H,74,85)(H,75,91)(H,89,90)/t38-,48-,49+,50+,51-,52+,53+,54-/m1/s1. The van der Waals surface area contributed by atoms with Crippen LogP contribution in [-0.2, 0) is 51.3 Å². The van der Waals surface area contributed by atoms with E-state index >= 15 is 19.2 Å². The lowest BCUT2D eigenvalue weighted by molar-refractivity contribution is -0.143. The lowest BCUT2D eigenvalue weighted by atomic mass is 9.88. The zero-order valence-electron chi connectivity index (χ0n) is 50.2. The van der Waals surface area contributed by atoms with Crippen LogP contribution < -0.4 is 56.7 Å². The Morgan fingerprint density at radius 2 is 1.16 bits per heavy atom. The number of phenolic OH excluding ortho intramolecular Hbond substituents is 6. The molecule has 28 nitrogen and oxygen atoms in total. The van der Waals surface area contributed by atoms with E-state index in [0.717, 1.165) is 60.7 Å². The number of aliphatic hydroxyl groups excluding tert-OH is 1. The number of hydrogen-bond donors (Lipinski definition) is 16. The topological polar surface area (TPSA) is 432 Å². The SMILES string of the molecule is CNCc1c(O)cc2c(c1O)-c1cc(ccc1O)[C@H]1NC(=O)[C@@H]3NC(=O)[C@H]4NC(=O)[C@@H](Cc5ccc(c(Cl)c5)Oc5cc3cc(c5O)Oc3ccc(cc3Cl)[C@@H](O)[C@H](NC1=O)C(=O)N[C@@H]2C(=O)O)NC(=O)[C@@H](NC(=O)OC(C)(C)C)c1ccc(O)c(c1)Oc1cc(O)cc4c1. The van der Waals surface area contributed by atoms with Crippen molar-refractivity contribution in [3.63, 3.8) is 0 Å². The molecule has 0 saturated heterocycles. The van der Waals surface area contributed by atoms with Crippen LogP contribution in [0.1, 0.15) is 102 Å². The van der Waals surface area contributed by atoms with E-state index in [0.29, 0.717) is 0 Å². The Morgan fingerprint density at radius 3 is 1.80 bits per heavy atom. The maximum absolute atomic E-state index is 15.9. The van der Waals surface area contributed by atoms with Crippen molar-refractivity contribution in [1.82, 2.24) is 42.5 Å². The van der Waals surface area contributed by atoms with Crippen molar-refractivity contribution >= 4 is 70.7 Å². The number of nitrogens with one attached hydrogen (secondary N) is 8. The van der Waals surface area contributed by atoms with E-state index in [2.05, 4.69) is 42.5 Å². The first kappa shape index (κ1) is 65.3. The molecule has 492 valence electrons. The van der Waals surface area contributed by atoms with E-state index < -0.39 is 171 Å². The third-order valence-corrected chi connectivity index (χ3v) is 16.3. The molecule has 0 fully saturated rings. The second kappa shape index (κ2) is 25.7. The highest BCUT2D eigenvalue weighted by Crippen LogP contribution is 2.49. The van der Waals surface area contributed by atoms with Crippen molar-refractivity contribution in [1.29, 1.82) is 0 Å². The number of rotatable bonds is 4. The molecule has 30 heteroatoms. The normalized spacial score (nSPS) is 21.0. The summed E-state index contributed by atoms with van der Waals surface area (Å²) in [6, 6.07) is 6.41. The molecule has 6 aliphatic heterocycles. The van der Waals surface area contributed by atoms with Gasteiger partial charge in [0, 0.05) is 35.7 Å². The van der Waals surface area contributed by atoms with Gasteiger partial charge < -0.3 is 102 Å². The van der Waals surface area contributed by atoms with E-state index in [1.54, 1.807) is 20.8 Å². The number of carboxylic acids is 1. The minimum Gasteiger partial charge on any atom is -0.508 e. The van der Waals surface area contributed by atoms with Crippen molar-refractivity contribution < 1.29 is 98.2 Å². The molecule has 0 aliphatic carbocycles. The Morgan fingerprint density at radius 1 is 0.568 bits per heavy atom. The highest BCUT2D eigenvalue weighted by molar-refractivity contribution is 6.32. The molecular weight excluding hydrogens is 1280 g/mol. The summed E-state index contributed by atoms with van der Waals surface area (Å²) in [4.78, 5) is 119. The second-order valence-electron chi connectivity index (χ2n) is 23.5. The molecule has 7 amide bonds. The fraction of sp³-hybridized carbons (Fsp3) is 0.231. The van der Waals surface area contributed by atoms with Crippen LogP contribution in [0, 0.1) is 0 Å². The van der Waals surface area contributed by atoms with Gasteiger partial charge in [0.05, 0.1) is 15.6 Å². The summed E-state index contributed by atoms with van der Waals surface area (Å²) in [5.74, 6) is -15.6. The molecule has 7 aromatic rings. The minimum absolute atomic E-state index is 0.0105. The van der Waals surface area contributed by atoms with Crippen LogP contribution in [0.3, 0.4) is 0 Å². The molecule has 6 aliphatic rings. The van der Waals surface area contributed by atoms with E-state index in [1.165, 1.54) is 55.6 Å². The Bertz CT molecular complexity index is 4390. The first-order valence-corrected chi connectivity index (χ1v) is 29.7. The van der Waals surface area contributed by atoms with Gasteiger partial charge in [-0.2, -0.15) is 0 Å². The number of aromatic hydroxyl groups is 6. The molecule has 0 aromatic heterocycles. The Labute approximate surface area is 547 Å². The van der Waals surface area contributed by atoms with Gasteiger partial charge in [-0.3, -0.25) is 28.8 Å². The molecular formula is C65H58Cl2N8O20. The Kier molecular flexibility index (Phi) is 17.7. The first-order valence-electron chi connectivity index (χ1n) is 29.0. The van der Waals surface area contributed by atoms with Gasteiger partial charge in [-0.25, -0.2) is 9.59 Å². The quantitative estimate of drug-likeness (QED) is 0.0923. The number of amides is 7.